The maximum Gasteiger partial charge on any atom is 0.242 e. The molecular weight excluding hydrogens is 328 g/mol. The number of hydrogen-bond acceptors (Lipinski definition) is 3. The fraction of sp³-hybridized carbons (Fsp3) is 0.333. The summed E-state index contributed by atoms with van der Waals surface area (Å²) in [4.78, 5) is 25.1. The highest BCUT2D eigenvalue weighted by molar-refractivity contribution is 5.92. The molecule has 2 N–H and O–H groups in total. The van der Waals surface area contributed by atoms with Crippen LogP contribution in [0.25, 0.3) is 0 Å². The van der Waals surface area contributed by atoms with Crippen molar-refractivity contribution in [1.82, 2.24) is 10.6 Å². The third-order valence-corrected chi connectivity index (χ3v) is 4.10. The van der Waals surface area contributed by atoms with Crippen molar-refractivity contribution < 1.29 is 14.3 Å². The first-order chi connectivity index (χ1) is 12.6. The van der Waals surface area contributed by atoms with Gasteiger partial charge in [0.25, 0.3) is 0 Å². The van der Waals surface area contributed by atoms with E-state index in [4.69, 9.17) is 4.74 Å². The number of hydrogen-bond donors (Lipinski definition) is 2. The van der Waals surface area contributed by atoms with Crippen LogP contribution in [0.1, 0.15) is 30.4 Å². The molecule has 0 radical (unpaired) electrons. The molecule has 2 amide bonds. The van der Waals surface area contributed by atoms with E-state index in [0.29, 0.717) is 13.2 Å². The lowest BCUT2D eigenvalue weighted by molar-refractivity contribution is -0.128. The van der Waals surface area contributed by atoms with E-state index in [1.54, 1.807) is 14.0 Å². The minimum Gasteiger partial charge on any atom is -0.385 e. The van der Waals surface area contributed by atoms with Crippen LogP contribution in [0.3, 0.4) is 0 Å². The van der Waals surface area contributed by atoms with Crippen LogP contribution >= 0.6 is 0 Å². The van der Waals surface area contributed by atoms with E-state index >= 15 is 0 Å². The van der Waals surface area contributed by atoms with Gasteiger partial charge in [-0.3, -0.25) is 9.59 Å². The molecule has 0 aromatic heterocycles. The highest BCUT2D eigenvalue weighted by Gasteiger charge is 2.25. The number of amides is 2. The van der Waals surface area contributed by atoms with Gasteiger partial charge in [-0.05, 0) is 24.5 Å². The molecule has 0 spiro atoms. The standard InChI is InChI=1S/C21H26N2O3/c1-16(20(24)22-14-9-15-26-2)23-21(25)19(17-10-5-3-6-11-17)18-12-7-4-8-13-18/h3-8,10-13,16,19H,9,14-15H2,1-2H3,(H,22,24)(H,23,25). The van der Waals surface area contributed by atoms with Crippen molar-refractivity contribution in [2.45, 2.75) is 25.3 Å². The van der Waals surface area contributed by atoms with Crippen LogP contribution in [-0.2, 0) is 14.3 Å². The molecular formula is C21H26N2O3. The van der Waals surface area contributed by atoms with Gasteiger partial charge in [0.15, 0.2) is 0 Å². The van der Waals surface area contributed by atoms with Crippen LogP contribution in [0.5, 0.6) is 0 Å². The Balaban J connectivity index is 2.06. The van der Waals surface area contributed by atoms with E-state index in [-0.39, 0.29) is 11.8 Å². The first-order valence-electron chi connectivity index (χ1n) is 8.80. The molecule has 0 fully saturated rings. The predicted molar refractivity (Wildman–Crippen MR) is 102 cm³/mol. The van der Waals surface area contributed by atoms with Crippen LogP contribution in [0, 0.1) is 0 Å². The molecule has 2 aromatic rings. The van der Waals surface area contributed by atoms with Gasteiger partial charge in [0.2, 0.25) is 11.8 Å². The quantitative estimate of drug-likeness (QED) is 0.680. The van der Waals surface area contributed by atoms with E-state index in [2.05, 4.69) is 10.6 Å². The van der Waals surface area contributed by atoms with E-state index in [9.17, 15) is 9.59 Å². The summed E-state index contributed by atoms with van der Waals surface area (Å²) in [7, 11) is 1.62. The third-order valence-electron chi connectivity index (χ3n) is 4.10. The van der Waals surface area contributed by atoms with E-state index < -0.39 is 12.0 Å². The lowest BCUT2D eigenvalue weighted by Gasteiger charge is -2.21. The Hall–Kier alpha value is -2.66. The van der Waals surface area contributed by atoms with Gasteiger partial charge >= 0.3 is 0 Å². The molecule has 2 rings (SSSR count). The minimum absolute atomic E-state index is 0.193. The lowest BCUT2D eigenvalue weighted by atomic mass is 9.90. The monoisotopic (exact) mass is 354 g/mol. The SMILES string of the molecule is COCCCNC(=O)C(C)NC(=O)C(c1ccccc1)c1ccccc1. The van der Waals surface area contributed by atoms with Gasteiger partial charge in [-0.15, -0.1) is 0 Å². The summed E-state index contributed by atoms with van der Waals surface area (Å²) in [5.74, 6) is -0.850. The van der Waals surface area contributed by atoms with Gasteiger partial charge in [0.1, 0.15) is 6.04 Å². The van der Waals surface area contributed by atoms with Crippen molar-refractivity contribution >= 4 is 11.8 Å². The molecule has 26 heavy (non-hydrogen) atoms. The molecule has 0 aliphatic rings. The lowest BCUT2D eigenvalue weighted by Crippen LogP contribution is -2.46. The van der Waals surface area contributed by atoms with Crippen LogP contribution in [0.4, 0.5) is 0 Å². The largest absolute Gasteiger partial charge is 0.385 e. The smallest absolute Gasteiger partial charge is 0.242 e. The van der Waals surface area contributed by atoms with E-state index in [0.717, 1.165) is 17.5 Å². The minimum atomic E-state index is -0.611. The summed E-state index contributed by atoms with van der Waals surface area (Å²) in [5.41, 5.74) is 1.79. The second kappa shape index (κ2) is 10.4. The van der Waals surface area contributed by atoms with Gasteiger partial charge in [0, 0.05) is 20.3 Å². The zero-order valence-electron chi connectivity index (χ0n) is 15.3. The first-order valence-corrected chi connectivity index (χ1v) is 8.80. The maximum absolute atomic E-state index is 12.9. The number of methoxy groups -OCH3 is 1. The fourth-order valence-electron chi connectivity index (χ4n) is 2.73. The Bertz CT molecular complexity index is 649. The molecule has 138 valence electrons. The number of carbonyl (C=O) groups excluding carboxylic acids is 2. The Labute approximate surface area is 154 Å². The molecule has 5 heteroatoms. The number of rotatable bonds is 9. The van der Waals surface area contributed by atoms with Crippen LogP contribution < -0.4 is 10.6 Å². The first kappa shape index (κ1) is 19.7. The van der Waals surface area contributed by atoms with Crippen LogP contribution in [0.15, 0.2) is 60.7 Å². The average Bonchev–Trinajstić information content (AvgIpc) is 2.67. The van der Waals surface area contributed by atoms with Crippen molar-refractivity contribution in [1.29, 1.82) is 0 Å². The molecule has 1 atom stereocenters. The third kappa shape index (κ3) is 5.70. The van der Waals surface area contributed by atoms with Crippen LogP contribution in [0.2, 0.25) is 0 Å². The predicted octanol–water partition coefficient (Wildman–Crippen LogP) is 2.48. The van der Waals surface area contributed by atoms with E-state index in [1.165, 1.54) is 0 Å². The summed E-state index contributed by atoms with van der Waals surface area (Å²) in [6.07, 6.45) is 0.736. The number of ether oxygens (including phenoxy) is 1. The molecule has 0 saturated heterocycles. The molecule has 5 nitrogen and oxygen atoms in total. The highest BCUT2D eigenvalue weighted by Crippen LogP contribution is 2.24. The summed E-state index contributed by atoms with van der Waals surface area (Å²) in [6, 6.07) is 18.5. The molecule has 0 aliphatic carbocycles. The fourth-order valence-corrected chi connectivity index (χ4v) is 2.73. The topological polar surface area (TPSA) is 67.4 Å². The molecule has 0 saturated carbocycles. The van der Waals surface area contributed by atoms with Crippen molar-refractivity contribution in [3.63, 3.8) is 0 Å². The van der Waals surface area contributed by atoms with E-state index in [1.807, 2.05) is 60.7 Å². The van der Waals surface area contributed by atoms with Crippen molar-refractivity contribution in [3.05, 3.63) is 71.8 Å². The van der Waals surface area contributed by atoms with Crippen molar-refractivity contribution in [3.8, 4) is 0 Å². The van der Waals surface area contributed by atoms with Crippen LogP contribution in [-0.4, -0.2) is 38.1 Å². The van der Waals surface area contributed by atoms with Crippen molar-refractivity contribution in [2.24, 2.45) is 0 Å². The zero-order valence-corrected chi connectivity index (χ0v) is 15.3. The number of carbonyl (C=O) groups is 2. The maximum atomic E-state index is 12.9. The van der Waals surface area contributed by atoms with Gasteiger partial charge in [-0.1, -0.05) is 60.7 Å². The number of nitrogens with one attached hydrogen (secondary N) is 2. The molecule has 1 unspecified atom stereocenters. The second-order valence-electron chi connectivity index (χ2n) is 6.12. The summed E-state index contributed by atoms with van der Waals surface area (Å²) in [6.45, 7) is 2.80. The molecule has 0 aliphatic heterocycles. The van der Waals surface area contributed by atoms with Gasteiger partial charge < -0.3 is 15.4 Å². The zero-order chi connectivity index (χ0) is 18.8. The average molecular weight is 354 g/mol. The second-order valence-corrected chi connectivity index (χ2v) is 6.12. The Morgan fingerprint density at radius 2 is 1.46 bits per heavy atom. The molecule has 0 bridgehead atoms. The van der Waals surface area contributed by atoms with Gasteiger partial charge in [-0.2, -0.15) is 0 Å². The Morgan fingerprint density at radius 1 is 0.923 bits per heavy atom. The Morgan fingerprint density at radius 3 is 1.96 bits per heavy atom. The molecule has 0 heterocycles. The van der Waals surface area contributed by atoms with Gasteiger partial charge in [0.05, 0.1) is 5.92 Å². The summed E-state index contributed by atoms with van der Waals surface area (Å²) >= 11 is 0. The van der Waals surface area contributed by atoms with Gasteiger partial charge in [-0.25, -0.2) is 0 Å². The summed E-state index contributed by atoms with van der Waals surface area (Å²) < 4.78 is 4.96. The normalized spacial score (nSPS) is 11.8. The van der Waals surface area contributed by atoms with Crippen molar-refractivity contribution in [2.75, 3.05) is 20.3 Å². The molecule has 2 aromatic carbocycles. The Kier molecular flexibility index (Phi) is 7.83. The number of benzene rings is 2. The highest BCUT2D eigenvalue weighted by atomic mass is 16.5. The summed E-state index contributed by atoms with van der Waals surface area (Å²) in [5, 5.41) is 5.64.